The molecule has 1 heteroatoms. The molecule has 2 rings (SSSR count). The van der Waals surface area contributed by atoms with Crippen molar-refractivity contribution >= 4 is 0 Å². The summed E-state index contributed by atoms with van der Waals surface area (Å²) >= 11 is 0. The quantitative estimate of drug-likeness (QED) is 0.860. The number of aliphatic hydroxyl groups excluding tert-OH is 1. The lowest BCUT2D eigenvalue weighted by Crippen LogP contribution is -2.03. The fourth-order valence-corrected chi connectivity index (χ4v) is 2.44. The Kier molecular flexibility index (Phi) is 4.39. The summed E-state index contributed by atoms with van der Waals surface area (Å²) in [6.45, 7) is 6.28. The topological polar surface area (TPSA) is 20.2 Å². The van der Waals surface area contributed by atoms with Crippen LogP contribution in [0.4, 0.5) is 0 Å². The highest BCUT2D eigenvalue weighted by atomic mass is 16.3. The highest BCUT2D eigenvalue weighted by molar-refractivity contribution is 5.38. The highest BCUT2D eigenvalue weighted by Crippen LogP contribution is 2.26. The predicted octanol–water partition coefficient (Wildman–Crippen LogP) is 4.34. The second kappa shape index (κ2) is 6.03. The number of benzene rings is 2. The van der Waals surface area contributed by atoms with E-state index in [0.29, 0.717) is 0 Å². The second-order valence-corrected chi connectivity index (χ2v) is 5.26. The van der Waals surface area contributed by atoms with Gasteiger partial charge in [0.15, 0.2) is 0 Å². The summed E-state index contributed by atoms with van der Waals surface area (Å²) in [5.74, 6) is 0. The van der Waals surface area contributed by atoms with Gasteiger partial charge in [-0.05, 0) is 42.5 Å². The molecule has 0 bridgehead atoms. The van der Waals surface area contributed by atoms with E-state index in [9.17, 15) is 5.11 Å². The Morgan fingerprint density at radius 2 is 1.84 bits per heavy atom. The maximum Gasteiger partial charge on any atom is 0.104 e. The summed E-state index contributed by atoms with van der Waals surface area (Å²) in [7, 11) is 0. The molecule has 1 atom stereocenters. The molecule has 0 fully saturated rings. The smallest absolute Gasteiger partial charge is 0.104 e. The van der Waals surface area contributed by atoms with Gasteiger partial charge in [0.05, 0.1) is 0 Å². The Labute approximate surface area is 115 Å². The first-order valence-electron chi connectivity index (χ1n) is 6.96. The minimum atomic E-state index is -0.531. The van der Waals surface area contributed by atoms with E-state index < -0.39 is 6.10 Å². The Morgan fingerprint density at radius 3 is 2.58 bits per heavy atom. The van der Waals surface area contributed by atoms with Crippen LogP contribution in [0.3, 0.4) is 0 Å². The van der Waals surface area contributed by atoms with Crippen molar-refractivity contribution in [2.45, 2.75) is 39.7 Å². The Morgan fingerprint density at radius 1 is 1.05 bits per heavy atom. The van der Waals surface area contributed by atoms with Crippen LogP contribution in [0.25, 0.3) is 0 Å². The molecule has 19 heavy (non-hydrogen) atoms. The van der Waals surface area contributed by atoms with Gasteiger partial charge in [-0.2, -0.15) is 0 Å². The summed E-state index contributed by atoms with van der Waals surface area (Å²) in [5, 5.41) is 10.6. The standard InChI is InChI=1S/C18H22O/c1-4-6-15-7-5-8-16(12-15)18(19)17-11-13(2)9-10-14(17)3/h5,7-12,18-19H,4,6H2,1-3H3. The minimum absolute atomic E-state index is 0.531. The molecule has 0 spiro atoms. The molecule has 0 amide bonds. The highest BCUT2D eigenvalue weighted by Gasteiger charge is 2.13. The van der Waals surface area contributed by atoms with Crippen molar-refractivity contribution in [3.8, 4) is 0 Å². The molecule has 1 N–H and O–H groups in total. The maximum absolute atomic E-state index is 10.6. The van der Waals surface area contributed by atoms with E-state index in [2.05, 4.69) is 44.2 Å². The first-order chi connectivity index (χ1) is 9.11. The van der Waals surface area contributed by atoms with E-state index in [1.807, 2.05) is 19.1 Å². The van der Waals surface area contributed by atoms with Crippen LogP contribution in [0.15, 0.2) is 42.5 Å². The first kappa shape index (κ1) is 13.8. The molecule has 0 saturated carbocycles. The monoisotopic (exact) mass is 254 g/mol. The van der Waals surface area contributed by atoms with Gasteiger partial charge in [-0.3, -0.25) is 0 Å². The van der Waals surface area contributed by atoms with E-state index in [1.165, 1.54) is 11.1 Å². The Balaban J connectivity index is 2.35. The molecule has 0 heterocycles. The summed E-state index contributed by atoms with van der Waals surface area (Å²) in [6.07, 6.45) is 1.66. The first-order valence-corrected chi connectivity index (χ1v) is 6.96. The van der Waals surface area contributed by atoms with Crippen LogP contribution in [0.1, 0.15) is 47.3 Å². The summed E-state index contributed by atoms with van der Waals surface area (Å²) < 4.78 is 0. The van der Waals surface area contributed by atoms with Crippen molar-refractivity contribution in [1.29, 1.82) is 0 Å². The van der Waals surface area contributed by atoms with Crippen LogP contribution in [0, 0.1) is 13.8 Å². The van der Waals surface area contributed by atoms with E-state index in [-0.39, 0.29) is 0 Å². The summed E-state index contributed by atoms with van der Waals surface area (Å²) in [6, 6.07) is 14.5. The van der Waals surface area contributed by atoms with Gasteiger partial charge in [0, 0.05) is 0 Å². The molecule has 1 unspecified atom stereocenters. The number of aliphatic hydroxyl groups is 1. The SMILES string of the molecule is CCCc1cccc(C(O)c2cc(C)ccc2C)c1. The van der Waals surface area contributed by atoms with Gasteiger partial charge in [-0.1, -0.05) is 61.4 Å². The molecular formula is C18H22O. The molecule has 0 aliphatic heterocycles. The lowest BCUT2D eigenvalue weighted by molar-refractivity contribution is 0.219. The van der Waals surface area contributed by atoms with Gasteiger partial charge < -0.3 is 5.11 Å². The molecule has 2 aromatic carbocycles. The average molecular weight is 254 g/mol. The minimum Gasteiger partial charge on any atom is -0.384 e. The van der Waals surface area contributed by atoms with Crippen molar-refractivity contribution in [3.63, 3.8) is 0 Å². The van der Waals surface area contributed by atoms with Crippen molar-refractivity contribution in [3.05, 3.63) is 70.3 Å². The Hall–Kier alpha value is -1.60. The largest absolute Gasteiger partial charge is 0.384 e. The molecule has 0 aliphatic carbocycles. The molecule has 0 radical (unpaired) electrons. The summed E-state index contributed by atoms with van der Waals surface area (Å²) in [5.41, 5.74) is 5.61. The number of rotatable bonds is 4. The van der Waals surface area contributed by atoms with Crippen molar-refractivity contribution < 1.29 is 5.11 Å². The molecule has 0 aromatic heterocycles. The fourth-order valence-electron chi connectivity index (χ4n) is 2.44. The predicted molar refractivity (Wildman–Crippen MR) is 80.4 cm³/mol. The third kappa shape index (κ3) is 3.24. The molecule has 1 nitrogen and oxygen atoms in total. The molecule has 0 aliphatic rings. The number of hydrogen-bond donors (Lipinski definition) is 1. The third-order valence-electron chi connectivity index (χ3n) is 3.53. The van der Waals surface area contributed by atoms with Crippen molar-refractivity contribution in [1.82, 2.24) is 0 Å². The van der Waals surface area contributed by atoms with Crippen LogP contribution >= 0.6 is 0 Å². The normalized spacial score (nSPS) is 12.4. The van der Waals surface area contributed by atoms with Crippen molar-refractivity contribution in [2.24, 2.45) is 0 Å². The zero-order valence-corrected chi connectivity index (χ0v) is 12.0. The van der Waals surface area contributed by atoms with Crippen LogP contribution in [-0.4, -0.2) is 5.11 Å². The zero-order valence-electron chi connectivity index (χ0n) is 12.0. The van der Waals surface area contributed by atoms with Crippen molar-refractivity contribution in [2.75, 3.05) is 0 Å². The Bertz CT molecular complexity index is 557. The maximum atomic E-state index is 10.6. The lowest BCUT2D eigenvalue weighted by atomic mass is 9.94. The van der Waals surface area contributed by atoms with E-state index >= 15 is 0 Å². The van der Waals surface area contributed by atoms with Crippen LogP contribution in [0.5, 0.6) is 0 Å². The fraction of sp³-hybridized carbons (Fsp3) is 0.333. The van der Waals surface area contributed by atoms with Gasteiger partial charge >= 0.3 is 0 Å². The zero-order chi connectivity index (χ0) is 13.8. The molecular weight excluding hydrogens is 232 g/mol. The number of aryl methyl sites for hydroxylation is 3. The van der Waals surface area contributed by atoms with E-state index in [1.54, 1.807) is 0 Å². The van der Waals surface area contributed by atoms with Gasteiger partial charge in [-0.15, -0.1) is 0 Å². The van der Waals surface area contributed by atoms with Gasteiger partial charge in [0.25, 0.3) is 0 Å². The van der Waals surface area contributed by atoms with E-state index in [4.69, 9.17) is 0 Å². The second-order valence-electron chi connectivity index (χ2n) is 5.26. The number of hydrogen-bond acceptors (Lipinski definition) is 1. The molecule has 2 aromatic rings. The van der Waals surface area contributed by atoms with Gasteiger partial charge in [0.1, 0.15) is 6.10 Å². The van der Waals surface area contributed by atoms with Gasteiger partial charge in [-0.25, -0.2) is 0 Å². The molecule has 0 saturated heterocycles. The van der Waals surface area contributed by atoms with Gasteiger partial charge in [0.2, 0.25) is 0 Å². The average Bonchev–Trinajstić information content (AvgIpc) is 2.41. The third-order valence-corrected chi connectivity index (χ3v) is 3.53. The summed E-state index contributed by atoms with van der Waals surface area (Å²) in [4.78, 5) is 0. The van der Waals surface area contributed by atoms with Crippen LogP contribution in [0.2, 0.25) is 0 Å². The van der Waals surface area contributed by atoms with Crippen LogP contribution in [-0.2, 0) is 6.42 Å². The molecule has 100 valence electrons. The van der Waals surface area contributed by atoms with E-state index in [0.717, 1.165) is 29.5 Å². The van der Waals surface area contributed by atoms with Crippen LogP contribution < -0.4 is 0 Å². The lowest BCUT2D eigenvalue weighted by Gasteiger charge is -2.16.